The molecule has 12 nitrogen and oxygen atoms in total. The Kier molecular flexibility index (Phi) is 8.11. The number of para-hydroxylation sites is 1. The second kappa shape index (κ2) is 10.7. The number of methoxy groups -OCH3 is 1. The molecule has 0 radical (unpaired) electrons. The van der Waals surface area contributed by atoms with Crippen molar-refractivity contribution in [1.29, 1.82) is 0 Å². The molecule has 13 heteroatoms. The summed E-state index contributed by atoms with van der Waals surface area (Å²) in [6, 6.07) is 6.91. The van der Waals surface area contributed by atoms with E-state index in [0.29, 0.717) is 23.5 Å². The third-order valence-corrected chi connectivity index (χ3v) is 7.66. The van der Waals surface area contributed by atoms with Gasteiger partial charge in [-0.25, -0.2) is 25.1 Å². The van der Waals surface area contributed by atoms with Crippen LogP contribution in [0.15, 0.2) is 36.9 Å². The van der Waals surface area contributed by atoms with Gasteiger partial charge in [0, 0.05) is 11.6 Å². The van der Waals surface area contributed by atoms with Gasteiger partial charge in [-0.15, -0.1) is 0 Å². The number of carboxylic acid groups (broad SMARTS) is 1. The Bertz CT molecular complexity index is 1230. The number of nitrogen functional groups attached to an aromatic ring is 1. The van der Waals surface area contributed by atoms with Crippen molar-refractivity contribution in [1.82, 2.24) is 29.7 Å². The van der Waals surface area contributed by atoms with Gasteiger partial charge in [0.15, 0.2) is 11.5 Å². The summed E-state index contributed by atoms with van der Waals surface area (Å²) >= 11 is 0. The van der Waals surface area contributed by atoms with E-state index in [0.717, 1.165) is 5.56 Å². The molecule has 0 unspecified atom stereocenters. The Balaban J connectivity index is 1.77. The number of fused-ring (bicyclic) bond motifs is 1. The fourth-order valence-corrected chi connectivity index (χ4v) is 6.03. The van der Waals surface area contributed by atoms with Crippen molar-refractivity contribution in [3.05, 3.63) is 42.5 Å². The monoisotopic (exact) mass is 505 g/mol. The van der Waals surface area contributed by atoms with E-state index >= 15 is 0 Å². The largest absolute Gasteiger partial charge is 0.496 e. The molecule has 3 atom stereocenters. The van der Waals surface area contributed by atoms with Crippen molar-refractivity contribution in [2.75, 3.05) is 19.2 Å². The number of rotatable bonds is 12. The first-order valence-corrected chi connectivity index (χ1v) is 12.9. The van der Waals surface area contributed by atoms with Crippen molar-refractivity contribution in [3.8, 4) is 5.75 Å². The third kappa shape index (κ3) is 6.34. The molecular formula is C22H32N7O5P. The molecule has 0 saturated heterocycles. The maximum atomic E-state index is 14.0. The van der Waals surface area contributed by atoms with Gasteiger partial charge in [0.1, 0.15) is 29.5 Å². The van der Waals surface area contributed by atoms with Crippen LogP contribution in [0.25, 0.3) is 11.2 Å². The van der Waals surface area contributed by atoms with Gasteiger partial charge in [0.25, 0.3) is 0 Å². The zero-order valence-electron chi connectivity index (χ0n) is 20.4. The molecule has 190 valence electrons. The molecule has 1 aromatic carbocycles. The maximum Gasteiger partial charge on any atom is 0.323 e. The third-order valence-electron chi connectivity index (χ3n) is 5.43. The van der Waals surface area contributed by atoms with Gasteiger partial charge >= 0.3 is 5.97 Å². The lowest BCUT2D eigenvalue weighted by atomic mass is 10.1. The number of nitrogens with zero attached hydrogens (tertiary/aromatic N) is 4. The Labute approximate surface area is 203 Å². The molecule has 3 rings (SSSR count). The SMILES string of the molecule is COc1ccccc1[C@H](C)N[P@](=O)(CO[C@H](C)Cn1cnc2c(N)ncnc21)NC(C)(C)C(=O)O. The number of nitrogens with two attached hydrogens (primary N) is 1. The molecule has 5 N–H and O–H groups in total. The van der Waals surface area contributed by atoms with Crippen molar-refractivity contribution in [3.63, 3.8) is 0 Å². The molecule has 0 aliphatic rings. The van der Waals surface area contributed by atoms with Crippen LogP contribution in [-0.4, -0.2) is 55.7 Å². The molecular weight excluding hydrogens is 473 g/mol. The number of carbonyl (C=O) groups is 1. The number of aliphatic carboxylic acids is 1. The van der Waals surface area contributed by atoms with Crippen LogP contribution in [0.1, 0.15) is 39.3 Å². The second-order valence-electron chi connectivity index (χ2n) is 8.81. The zero-order valence-corrected chi connectivity index (χ0v) is 21.3. The van der Waals surface area contributed by atoms with Gasteiger partial charge in [-0.1, -0.05) is 18.2 Å². The summed E-state index contributed by atoms with van der Waals surface area (Å²) in [5.41, 5.74) is 6.20. The summed E-state index contributed by atoms with van der Waals surface area (Å²) in [5, 5.41) is 15.5. The minimum Gasteiger partial charge on any atom is -0.496 e. The Morgan fingerprint density at radius 3 is 2.66 bits per heavy atom. The lowest BCUT2D eigenvalue weighted by Gasteiger charge is -2.32. The second-order valence-corrected chi connectivity index (χ2v) is 11.0. The molecule has 0 saturated carbocycles. The van der Waals surface area contributed by atoms with Gasteiger partial charge in [-0.3, -0.25) is 9.36 Å². The molecule has 0 spiro atoms. The van der Waals surface area contributed by atoms with E-state index in [-0.39, 0.29) is 12.2 Å². The summed E-state index contributed by atoms with van der Waals surface area (Å²) in [6.45, 7) is 6.89. The number of hydrogen-bond acceptors (Lipinski definition) is 8. The van der Waals surface area contributed by atoms with E-state index in [4.69, 9.17) is 15.2 Å². The van der Waals surface area contributed by atoms with Gasteiger partial charge in [-0.2, -0.15) is 0 Å². The Morgan fingerprint density at radius 2 is 1.97 bits per heavy atom. The molecule has 2 aromatic heterocycles. The minimum absolute atomic E-state index is 0.256. The van der Waals surface area contributed by atoms with Gasteiger partial charge in [-0.05, 0) is 33.8 Å². The average molecular weight is 506 g/mol. The van der Waals surface area contributed by atoms with E-state index in [1.807, 2.05) is 32.0 Å². The number of imidazole rings is 1. The summed E-state index contributed by atoms with van der Waals surface area (Å²) in [4.78, 5) is 24.1. The first kappa shape index (κ1) is 26.6. The summed E-state index contributed by atoms with van der Waals surface area (Å²) in [6.07, 6.45) is 2.28. The first-order valence-electron chi connectivity index (χ1n) is 11.0. The Hall–Kier alpha value is -3.05. The number of hydrogen-bond donors (Lipinski definition) is 4. The highest BCUT2D eigenvalue weighted by Gasteiger charge is 2.37. The van der Waals surface area contributed by atoms with Gasteiger partial charge in [0.05, 0.1) is 26.1 Å². The van der Waals surface area contributed by atoms with E-state index in [1.54, 1.807) is 24.1 Å². The van der Waals surface area contributed by atoms with E-state index in [2.05, 4.69) is 25.1 Å². The number of nitrogens with one attached hydrogen (secondary N) is 2. The standard InChI is InChI=1S/C22H32N7O5P/c1-14(10-29-12-26-18-19(23)24-11-25-20(18)29)34-13-35(32,28-22(3,4)21(30)31)27-15(2)16-8-6-7-9-17(16)33-5/h6-9,11-12,14-15H,10,13H2,1-5H3,(H,30,31)(H2,23,24,25)(H2,27,28,32)/t14-,15+,35-/m1/s1. The molecule has 0 bridgehead atoms. The summed E-state index contributed by atoms with van der Waals surface area (Å²) in [5.74, 6) is -0.236. The highest BCUT2D eigenvalue weighted by molar-refractivity contribution is 7.59. The number of anilines is 1. The lowest BCUT2D eigenvalue weighted by Crippen LogP contribution is -2.47. The molecule has 2 heterocycles. The number of aromatic nitrogens is 4. The van der Waals surface area contributed by atoms with Crippen LogP contribution in [-0.2, 0) is 20.6 Å². The molecule has 0 amide bonds. The van der Waals surface area contributed by atoms with Crippen molar-refractivity contribution in [2.45, 2.75) is 51.9 Å². The summed E-state index contributed by atoms with van der Waals surface area (Å²) < 4.78 is 27.1. The van der Waals surface area contributed by atoms with Crippen molar-refractivity contribution in [2.24, 2.45) is 0 Å². The highest BCUT2D eigenvalue weighted by atomic mass is 31.2. The predicted molar refractivity (Wildman–Crippen MR) is 132 cm³/mol. The van der Waals surface area contributed by atoms with Gasteiger partial charge in [0.2, 0.25) is 7.44 Å². The molecule has 0 fully saturated rings. The lowest BCUT2D eigenvalue weighted by molar-refractivity contribution is -0.142. The maximum absolute atomic E-state index is 14.0. The van der Waals surface area contributed by atoms with Crippen LogP contribution in [0, 0.1) is 0 Å². The van der Waals surface area contributed by atoms with Crippen molar-refractivity contribution >= 4 is 30.4 Å². The molecule has 35 heavy (non-hydrogen) atoms. The number of ether oxygens (including phenoxy) is 2. The smallest absolute Gasteiger partial charge is 0.323 e. The van der Waals surface area contributed by atoms with Crippen LogP contribution in [0.3, 0.4) is 0 Å². The normalized spacial score (nSPS) is 15.5. The van der Waals surface area contributed by atoms with Crippen LogP contribution >= 0.6 is 7.44 Å². The predicted octanol–water partition coefficient (Wildman–Crippen LogP) is 2.78. The molecule has 0 aliphatic carbocycles. The van der Waals surface area contributed by atoms with E-state index in [1.165, 1.54) is 20.2 Å². The molecule has 3 aromatic rings. The van der Waals surface area contributed by atoms with E-state index < -0.39 is 31.1 Å². The quantitative estimate of drug-likeness (QED) is 0.267. The van der Waals surface area contributed by atoms with E-state index in [9.17, 15) is 14.5 Å². The topological polar surface area (TPSA) is 167 Å². The minimum atomic E-state index is -3.58. The zero-order chi connectivity index (χ0) is 25.8. The van der Waals surface area contributed by atoms with Crippen LogP contribution in [0.4, 0.5) is 5.82 Å². The first-order chi connectivity index (χ1) is 16.5. The fourth-order valence-electron chi connectivity index (χ4n) is 3.60. The summed E-state index contributed by atoms with van der Waals surface area (Å²) in [7, 11) is -2.02. The highest BCUT2D eigenvalue weighted by Crippen LogP contribution is 2.43. The number of benzene rings is 1. The van der Waals surface area contributed by atoms with Crippen molar-refractivity contribution < 1.29 is 23.9 Å². The average Bonchev–Trinajstić information content (AvgIpc) is 3.21. The van der Waals surface area contributed by atoms with Gasteiger partial charge < -0.3 is 24.9 Å². The fraction of sp³-hybridized carbons (Fsp3) is 0.455. The number of carboxylic acids is 1. The van der Waals surface area contributed by atoms with Crippen LogP contribution in [0.5, 0.6) is 5.75 Å². The van der Waals surface area contributed by atoms with Crippen LogP contribution in [0.2, 0.25) is 0 Å². The van der Waals surface area contributed by atoms with Crippen LogP contribution < -0.4 is 20.6 Å². The Morgan fingerprint density at radius 1 is 1.26 bits per heavy atom. The molecule has 0 aliphatic heterocycles.